The van der Waals surface area contributed by atoms with Crippen LogP contribution in [0.1, 0.15) is 251 Å². The van der Waals surface area contributed by atoms with E-state index in [0.717, 1.165) is 83.5 Å². The van der Waals surface area contributed by atoms with Gasteiger partial charge >= 0.3 is 11.9 Å². The Morgan fingerprint density at radius 2 is 0.792 bits per heavy atom. The Bertz CT molecular complexity index is 1410. The Morgan fingerprint density at radius 3 is 1.18 bits per heavy atom. The average Bonchev–Trinajstić information content (AvgIpc) is 3.35. The van der Waals surface area contributed by atoms with Gasteiger partial charge < -0.3 is 33.3 Å². The summed E-state index contributed by atoms with van der Waals surface area (Å²) in [5.41, 5.74) is 0. The van der Waals surface area contributed by atoms with Crippen molar-refractivity contribution >= 4 is 17.9 Å². The van der Waals surface area contributed by atoms with E-state index in [1.54, 1.807) is 0 Å². The summed E-state index contributed by atoms with van der Waals surface area (Å²) in [7, 11) is 5.91. The minimum absolute atomic E-state index is 0.140. The second-order valence-corrected chi connectivity index (χ2v) is 20.9. The maximum atomic E-state index is 12.9. The molecule has 0 saturated carbocycles. The number of hydrogen-bond donors (Lipinski definition) is 0. The molecule has 0 aliphatic rings. The van der Waals surface area contributed by atoms with Crippen LogP contribution in [0.5, 0.6) is 0 Å². The molecule has 416 valence electrons. The van der Waals surface area contributed by atoms with Crippen LogP contribution in [0, 0.1) is 0 Å². The lowest BCUT2D eigenvalue weighted by molar-refractivity contribution is -0.870. The van der Waals surface area contributed by atoms with E-state index in [1.807, 2.05) is 21.1 Å². The molecule has 0 N–H and O–H groups in total. The molecule has 0 aromatic carbocycles. The minimum atomic E-state index is -1.63. The lowest BCUT2D eigenvalue weighted by Gasteiger charge is -2.26. The van der Waals surface area contributed by atoms with E-state index >= 15 is 0 Å². The molecule has 0 aliphatic heterocycles. The van der Waals surface area contributed by atoms with Gasteiger partial charge in [-0.2, -0.15) is 0 Å². The first-order chi connectivity index (χ1) is 35.1. The molecule has 2 unspecified atom stereocenters. The van der Waals surface area contributed by atoms with Gasteiger partial charge in [-0.25, -0.2) is 0 Å². The Hall–Kier alpha value is -3.27. The normalized spacial score (nSPS) is 13.3. The first kappa shape index (κ1) is 68.7. The van der Waals surface area contributed by atoms with E-state index in [9.17, 15) is 19.5 Å². The van der Waals surface area contributed by atoms with Crippen LogP contribution in [0.15, 0.2) is 72.9 Å². The highest BCUT2D eigenvalue weighted by Crippen LogP contribution is 2.17. The van der Waals surface area contributed by atoms with Crippen molar-refractivity contribution in [3.05, 3.63) is 72.9 Å². The zero-order chi connectivity index (χ0) is 52.7. The van der Waals surface area contributed by atoms with E-state index in [4.69, 9.17) is 18.9 Å². The molecule has 9 nitrogen and oxygen atoms in total. The number of carboxylic acids is 1. The Balaban J connectivity index is 4.28. The summed E-state index contributed by atoms with van der Waals surface area (Å²) < 4.78 is 22.7. The van der Waals surface area contributed by atoms with E-state index < -0.39 is 24.3 Å². The van der Waals surface area contributed by atoms with Gasteiger partial charge in [0, 0.05) is 12.8 Å². The van der Waals surface area contributed by atoms with Crippen molar-refractivity contribution in [2.24, 2.45) is 0 Å². The third-order valence-corrected chi connectivity index (χ3v) is 12.7. The molecule has 0 aliphatic carbocycles. The second kappa shape index (κ2) is 54.0. The molecular weight excluding hydrogens is 899 g/mol. The summed E-state index contributed by atoms with van der Waals surface area (Å²) in [5.74, 6) is -2.31. The number of allylic oxidation sites excluding steroid dienone is 12. The topological polar surface area (TPSA) is 111 Å². The summed E-state index contributed by atoms with van der Waals surface area (Å²) in [6, 6.07) is 0. The molecule has 0 radical (unpaired) electrons. The third-order valence-electron chi connectivity index (χ3n) is 12.7. The summed E-state index contributed by atoms with van der Waals surface area (Å²) in [6.07, 6.45) is 66.7. The first-order valence-electron chi connectivity index (χ1n) is 29.6. The fourth-order valence-electron chi connectivity index (χ4n) is 8.19. The fraction of sp³-hybridized carbons (Fsp3) is 0.762. The molecule has 0 fully saturated rings. The van der Waals surface area contributed by atoms with Crippen LogP contribution in [0.25, 0.3) is 0 Å². The van der Waals surface area contributed by atoms with Gasteiger partial charge in [-0.1, -0.05) is 247 Å². The first-order valence-corrected chi connectivity index (χ1v) is 29.6. The summed E-state index contributed by atoms with van der Waals surface area (Å²) in [4.78, 5) is 37.3. The number of quaternary nitrogens is 1. The van der Waals surface area contributed by atoms with Crippen molar-refractivity contribution in [1.82, 2.24) is 0 Å². The predicted molar refractivity (Wildman–Crippen MR) is 301 cm³/mol. The SMILES string of the molecule is CC/C=C\C/C=C\C/C=C\C/C=C\C/C=C\C/C=C\CCCCCCC(=O)OC(COC(=O)CCCCCCCCCCCCCCCCCCCCCCCCCC)COC(OCC[N+](C)(C)C)C(=O)[O-]. The summed E-state index contributed by atoms with van der Waals surface area (Å²) in [5, 5.41) is 11.8. The molecule has 0 heterocycles. The van der Waals surface area contributed by atoms with Crippen LogP contribution in [0.3, 0.4) is 0 Å². The highest BCUT2D eigenvalue weighted by Gasteiger charge is 2.22. The van der Waals surface area contributed by atoms with E-state index in [-0.39, 0.29) is 38.6 Å². The van der Waals surface area contributed by atoms with Gasteiger partial charge in [0.25, 0.3) is 0 Å². The molecule has 2 atom stereocenters. The Labute approximate surface area is 443 Å². The van der Waals surface area contributed by atoms with E-state index in [2.05, 4.69) is 86.8 Å². The molecule has 9 heteroatoms. The van der Waals surface area contributed by atoms with Gasteiger partial charge in [0.2, 0.25) is 0 Å². The fourth-order valence-corrected chi connectivity index (χ4v) is 8.19. The van der Waals surface area contributed by atoms with Gasteiger partial charge in [-0.3, -0.25) is 9.59 Å². The van der Waals surface area contributed by atoms with Crippen molar-refractivity contribution in [2.45, 2.75) is 264 Å². The number of carbonyl (C=O) groups is 3. The number of likely N-dealkylation sites (N-methyl/N-ethyl adjacent to an activating group) is 1. The van der Waals surface area contributed by atoms with Gasteiger partial charge in [0.05, 0.1) is 40.3 Å². The minimum Gasteiger partial charge on any atom is -0.545 e. The lowest BCUT2D eigenvalue weighted by atomic mass is 10.0. The van der Waals surface area contributed by atoms with E-state index in [1.165, 1.54) is 135 Å². The molecular formula is C63H111NO8. The average molecular weight is 1010 g/mol. The maximum absolute atomic E-state index is 12.9. The molecule has 0 spiro atoms. The zero-order valence-corrected chi connectivity index (χ0v) is 47.3. The molecule has 72 heavy (non-hydrogen) atoms. The molecule has 0 aromatic rings. The number of rotatable bonds is 54. The summed E-state index contributed by atoms with van der Waals surface area (Å²) in [6.45, 7) is 4.63. The number of hydrogen-bond acceptors (Lipinski definition) is 8. The van der Waals surface area contributed by atoms with Crippen LogP contribution in [0.2, 0.25) is 0 Å². The molecule has 0 bridgehead atoms. The highest BCUT2D eigenvalue weighted by molar-refractivity contribution is 5.70. The van der Waals surface area contributed by atoms with Crippen LogP contribution >= 0.6 is 0 Å². The van der Waals surface area contributed by atoms with Gasteiger partial charge in [-0.15, -0.1) is 0 Å². The van der Waals surface area contributed by atoms with Gasteiger partial charge in [0.1, 0.15) is 13.2 Å². The maximum Gasteiger partial charge on any atom is 0.306 e. The summed E-state index contributed by atoms with van der Waals surface area (Å²) >= 11 is 0. The number of unbranched alkanes of at least 4 members (excludes halogenated alkanes) is 27. The number of ether oxygens (including phenoxy) is 4. The number of carbonyl (C=O) groups excluding carboxylic acids is 3. The van der Waals surface area contributed by atoms with E-state index in [0.29, 0.717) is 17.4 Å². The number of esters is 2. The van der Waals surface area contributed by atoms with Crippen LogP contribution in [-0.4, -0.2) is 82.3 Å². The van der Waals surface area contributed by atoms with Crippen molar-refractivity contribution in [1.29, 1.82) is 0 Å². The van der Waals surface area contributed by atoms with Gasteiger partial charge in [0.15, 0.2) is 12.4 Å². The number of nitrogens with zero attached hydrogens (tertiary/aromatic N) is 1. The van der Waals surface area contributed by atoms with Crippen molar-refractivity contribution in [3.63, 3.8) is 0 Å². The van der Waals surface area contributed by atoms with Crippen LogP contribution in [-0.2, 0) is 33.3 Å². The molecule has 0 aromatic heterocycles. The predicted octanol–water partition coefficient (Wildman–Crippen LogP) is 16.1. The highest BCUT2D eigenvalue weighted by atomic mass is 16.7. The number of carboxylic acid groups (broad SMARTS) is 1. The van der Waals surface area contributed by atoms with Crippen molar-refractivity contribution in [3.8, 4) is 0 Å². The van der Waals surface area contributed by atoms with Crippen molar-refractivity contribution in [2.75, 3.05) is 47.5 Å². The molecule has 0 rings (SSSR count). The number of aliphatic carboxylic acids is 1. The van der Waals surface area contributed by atoms with Gasteiger partial charge in [-0.05, 0) is 64.2 Å². The van der Waals surface area contributed by atoms with Crippen LogP contribution in [0.4, 0.5) is 0 Å². The Morgan fingerprint density at radius 1 is 0.431 bits per heavy atom. The molecule has 0 amide bonds. The third kappa shape index (κ3) is 54.5. The molecule has 0 saturated heterocycles. The smallest absolute Gasteiger partial charge is 0.306 e. The largest absolute Gasteiger partial charge is 0.545 e. The monoisotopic (exact) mass is 1010 g/mol. The quantitative estimate of drug-likeness (QED) is 0.0195. The Kier molecular flexibility index (Phi) is 51.6. The van der Waals surface area contributed by atoms with Crippen LogP contribution < -0.4 is 5.11 Å². The zero-order valence-electron chi connectivity index (χ0n) is 47.3. The second-order valence-electron chi connectivity index (χ2n) is 20.9. The van der Waals surface area contributed by atoms with Crippen molar-refractivity contribution < 1.29 is 42.9 Å². The lowest BCUT2D eigenvalue weighted by Crippen LogP contribution is -2.44. The standard InChI is InChI=1S/C63H111NO8/c1-6-8-10-12-14-16-18-20-22-24-26-28-30-32-33-35-37-39-41-43-45-47-49-51-53-60(65)70-57-59(58-71-63(62(67)68)69-56-55-64(3,4)5)72-61(66)54-52-50-48-46-44-42-40-38-36-34-31-29-27-25-23-21-19-17-15-13-11-9-7-2/h9,11,15,17,21,23,27,29,34,36,40,42,59,63H,6-8,10,12-14,16,18-20,22,24-26,28,30-33,35,37-39,41,43-58H2,1-5H3/b11-9-,17-15-,23-21-,29-27-,36-34-,42-40-.